The average Bonchev–Trinajstić information content (AvgIpc) is 2.60. The highest BCUT2D eigenvalue weighted by molar-refractivity contribution is 7.89. The van der Waals surface area contributed by atoms with Crippen LogP contribution in [0.2, 0.25) is 0 Å². The summed E-state index contributed by atoms with van der Waals surface area (Å²) >= 11 is 0. The first-order valence-electron chi connectivity index (χ1n) is 8.03. The second kappa shape index (κ2) is 6.75. The van der Waals surface area contributed by atoms with E-state index in [1.807, 2.05) is 54.6 Å². The summed E-state index contributed by atoms with van der Waals surface area (Å²) in [5.74, 6) is 0.466. The van der Waals surface area contributed by atoms with E-state index >= 15 is 0 Å². The first kappa shape index (κ1) is 16.7. The predicted octanol–water partition coefficient (Wildman–Crippen LogP) is 4.44. The van der Waals surface area contributed by atoms with Gasteiger partial charge in [-0.25, -0.2) is 13.1 Å². The number of fused-ring (bicyclic) bond motifs is 1. The van der Waals surface area contributed by atoms with E-state index in [1.165, 1.54) is 5.56 Å². The molecule has 0 saturated heterocycles. The molecule has 4 heteroatoms. The average molecular weight is 339 g/mol. The lowest BCUT2D eigenvalue weighted by molar-refractivity contribution is 0.581. The molecule has 3 nitrogen and oxygen atoms in total. The molecule has 3 rings (SSSR count). The van der Waals surface area contributed by atoms with E-state index < -0.39 is 10.0 Å². The lowest BCUT2D eigenvalue weighted by Crippen LogP contribution is -2.23. The van der Waals surface area contributed by atoms with Crippen molar-refractivity contribution in [2.75, 3.05) is 0 Å². The van der Waals surface area contributed by atoms with Crippen LogP contribution in [0.25, 0.3) is 10.8 Å². The number of hydrogen-bond donors (Lipinski definition) is 1. The SMILES string of the molecule is CC(C)c1ccc(CNS(=O)(=O)c2ccc3ccccc3c2)cc1. The van der Waals surface area contributed by atoms with Gasteiger partial charge in [0, 0.05) is 6.54 Å². The van der Waals surface area contributed by atoms with Gasteiger partial charge in [-0.3, -0.25) is 0 Å². The van der Waals surface area contributed by atoms with E-state index in [4.69, 9.17) is 0 Å². The highest BCUT2D eigenvalue weighted by atomic mass is 32.2. The molecule has 0 atom stereocenters. The third-order valence-electron chi connectivity index (χ3n) is 4.14. The van der Waals surface area contributed by atoms with E-state index in [9.17, 15) is 8.42 Å². The Labute approximate surface area is 143 Å². The Balaban J connectivity index is 1.77. The normalized spacial score (nSPS) is 12.0. The number of sulfonamides is 1. The van der Waals surface area contributed by atoms with Crippen LogP contribution in [0.1, 0.15) is 30.9 Å². The summed E-state index contributed by atoms with van der Waals surface area (Å²) in [6.07, 6.45) is 0. The highest BCUT2D eigenvalue weighted by Crippen LogP contribution is 2.19. The maximum Gasteiger partial charge on any atom is 0.240 e. The van der Waals surface area contributed by atoms with E-state index in [2.05, 4.69) is 18.6 Å². The molecule has 3 aromatic rings. The molecule has 0 aliphatic heterocycles. The van der Waals surface area contributed by atoms with Crippen molar-refractivity contribution >= 4 is 20.8 Å². The molecule has 0 aromatic heterocycles. The Bertz CT molecular complexity index is 945. The van der Waals surface area contributed by atoms with Crippen molar-refractivity contribution < 1.29 is 8.42 Å². The summed E-state index contributed by atoms with van der Waals surface area (Å²) in [5, 5.41) is 1.95. The zero-order valence-corrected chi connectivity index (χ0v) is 14.7. The van der Waals surface area contributed by atoms with Crippen molar-refractivity contribution in [1.29, 1.82) is 0 Å². The Morgan fingerprint density at radius 2 is 1.54 bits per heavy atom. The Morgan fingerprint density at radius 3 is 2.21 bits per heavy atom. The fourth-order valence-corrected chi connectivity index (χ4v) is 3.67. The second-order valence-corrected chi connectivity index (χ2v) is 8.00. The second-order valence-electron chi connectivity index (χ2n) is 6.23. The lowest BCUT2D eigenvalue weighted by atomic mass is 10.0. The van der Waals surface area contributed by atoms with Crippen LogP contribution < -0.4 is 4.72 Å². The van der Waals surface area contributed by atoms with Crippen LogP contribution in [0, 0.1) is 0 Å². The molecule has 0 bridgehead atoms. The van der Waals surface area contributed by atoms with Gasteiger partial charge in [0.25, 0.3) is 0 Å². The van der Waals surface area contributed by atoms with Crippen molar-refractivity contribution in [2.24, 2.45) is 0 Å². The van der Waals surface area contributed by atoms with Crippen LogP contribution in [0.4, 0.5) is 0 Å². The van der Waals surface area contributed by atoms with Crippen LogP contribution >= 0.6 is 0 Å². The maximum atomic E-state index is 12.5. The van der Waals surface area contributed by atoms with Crippen LogP contribution in [-0.4, -0.2) is 8.42 Å². The minimum atomic E-state index is -3.53. The number of rotatable bonds is 5. The van der Waals surface area contributed by atoms with Gasteiger partial charge in [-0.2, -0.15) is 0 Å². The molecule has 0 aliphatic carbocycles. The zero-order chi connectivity index (χ0) is 17.2. The number of hydrogen-bond acceptors (Lipinski definition) is 2. The third-order valence-corrected chi connectivity index (χ3v) is 5.54. The van der Waals surface area contributed by atoms with Gasteiger partial charge in [0.2, 0.25) is 10.0 Å². The van der Waals surface area contributed by atoms with Crippen LogP contribution in [0.5, 0.6) is 0 Å². The molecule has 1 N–H and O–H groups in total. The summed E-state index contributed by atoms with van der Waals surface area (Å²) in [6.45, 7) is 4.56. The number of nitrogens with one attached hydrogen (secondary N) is 1. The van der Waals surface area contributed by atoms with Crippen molar-refractivity contribution in [3.05, 3.63) is 77.9 Å². The van der Waals surface area contributed by atoms with Gasteiger partial charge in [0.05, 0.1) is 4.90 Å². The van der Waals surface area contributed by atoms with Crippen molar-refractivity contribution in [3.8, 4) is 0 Å². The van der Waals surface area contributed by atoms with Crippen molar-refractivity contribution in [1.82, 2.24) is 4.72 Å². The maximum absolute atomic E-state index is 12.5. The minimum Gasteiger partial charge on any atom is -0.207 e. The van der Waals surface area contributed by atoms with Crippen molar-refractivity contribution in [3.63, 3.8) is 0 Å². The standard InChI is InChI=1S/C20H21NO2S/c1-15(2)17-9-7-16(8-10-17)14-21-24(22,23)20-12-11-18-5-3-4-6-19(18)13-20/h3-13,15,21H,14H2,1-2H3. The largest absolute Gasteiger partial charge is 0.240 e. The topological polar surface area (TPSA) is 46.2 Å². The van der Waals surface area contributed by atoms with Crippen LogP contribution in [-0.2, 0) is 16.6 Å². The van der Waals surface area contributed by atoms with Gasteiger partial charge in [-0.15, -0.1) is 0 Å². The Hall–Kier alpha value is -2.17. The van der Waals surface area contributed by atoms with Crippen LogP contribution in [0.15, 0.2) is 71.6 Å². The molecule has 0 aliphatic rings. The van der Waals surface area contributed by atoms with Gasteiger partial charge >= 0.3 is 0 Å². The first-order chi connectivity index (χ1) is 11.5. The van der Waals surface area contributed by atoms with E-state index in [0.29, 0.717) is 10.8 Å². The molecule has 0 fully saturated rings. The molecule has 24 heavy (non-hydrogen) atoms. The Morgan fingerprint density at radius 1 is 0.875 bits per heavy atom. The fraction of sp³-hybridized carbons (Fsp3) is 0.200. The van der Waals surface area contributed by atoms with Gasteiger partial charge in [-0.1, -0.05) is 68.4 Å². The van der Waals surface area contributed by atoms with Gasteiger partial charge in [0.15, 0.2) is 0 Å². The highest BCUT2D eigenvalue weighted by Gasteiger charge is 2.14. The first-order valence-corrected chi connectivity index (χ1v) is 9.51. The van der Waals surface area contributed by atoms with E-state index in [-0.39, 0.29) is 6.54 Å². The van der Waals surface area contributed by atoms with Gasteiger partial charge < -0.3 is 0 Å². The smallest absolute Gasteiger partial charge is 0.207 e. The molecule has 0 saturated carbocycles. The van der Waals surface area contributed by atoms with E-state index in [0.717, 1.165) is 16.3 Å². The van der Waals surface area contributed by atoms with Gasteiger partial charge in [-0.05, 0) is 39.9 Å². The molecule has 0 spiro atoms. The molecular formula is C20H21NO2S. The van der Waals surface area contributed by atoms with Gasteiger partial charge in [0.1, 0.15) is 0 Å². The molecule has 0 heterocycles. The molecular weight excluding hydrogens is 318 g/mol. The summed E-state index contributed by atoms with van der Waals surface area (Å²) < 4.78 is 27.7. The molecule has 124 valence electrons. The molecule has 0 radical (unpaired) electrons. The third kappa shape index (κ3) is 3.66. The summed E-state index contributed by atoms with van der Waals surface area (Å²) in [7, 11) is -3.53. The number of benzene rings is 3. The zero-order valence-electron chi connectivity index (χ0n) is 13.9. The van der Waals surface area contributed by atoms with Crippen molar-refractivity contribution in [2.45, 2.75) is 31.2 Å². The minimum absolute atomic E-state index is 0.285. The predicted molar refractivity (Wildman–Crippen MR) is 98.5 cm³/mol. The summed E-state index contributed by atoms with van der Waals surface area (Å²) in [5.41, 5.74) is 2.19. The summed E-state index contributed by atoms with van der Waals surface area (Å²) in [6, 6.07) is 20.9. The van der Waals surface area contributed by atoms with E-state index in [1.54, 1.807) is 12.1 Å². The molecule has 0 amide bonds. The quantitative estimate of drug-likeness (QED) is 0.747. The molecule has 3 aromatic carbocycles. The lowest BCUT2D eigenvalue weighted by Gasteiger charge is -2.09. The summed E-state index contributed by atoms with van der Waals surface area (Å²) in [4.78, 5) is 0.292. The monoisotopic (exact) mass is 339 g/mol. The van der Waals surface area contributed by atoms with Crippen LogP contribution in [0.3, 0.4) is 0 Å². The fourth-order valence-electron chi connectivity index (χ4n) is 2.62. The molecule has 0 unspecified atom stereocenters. The Kier molecular flexibility index (Phi) is 4.69.